The number of carboxylic acids is 1. The van der Waals surface area contributed by atoms with Gasteiger partial charge in [-0.15, -0.1) is 0 Å². The van der Waals surface area contributed by atoms with Crippen molar-refractivity contribution < 1.29 is 9.90 Å². The molecule has 0 atom stereocenters. The van der Waals surface area contributed by atoms with E-state index in [1.54, 1.807) is 6.07 Å². The van der Waals surface area contributed by atoms with Gasteiger partial charge in [-0.3, -0.25) is 0 Å². The first-order valence-electron chi connectivity index (χ1n) is 7.60. The quantitative estimate of drug-likeness (QED) is 0.747. The maximum absolute atomic E-state index is 11.5. The molecule has 0 heterocycles. The van der Waals surface area contributed by atoms with Gasteiger partial charge >= 0.3 is 5.97 Å². The van der Waals surface area contributed by atoms with E-state index in [1.165, 1.54) is 18.4 Å². The molecule has 2 aromatic carbocycles. The predicted octanol–water partition coefficient (Wildman–Crippen LogP) is 4.71. The molecule has 0 aliphatic carbocycles. The highest BCUT2D eigenvalue weighted by molar-refractivity contribution is 5.90. The largest absolute Gasteiger partial charge is 0.478 e. The van der Waals surface area contributed by atoms with Gasteiger partial charge in [0.25, 0.3) is 0 Å². The molecular weight excluding hydrogens is 260 g/mol. The Morgan fingerprint density at radius 2 is 1.76 bits per heavy atom. The lowest BCUT2D eigenvalue weighted by Gasteiger charge is -2.13. The molecule has 2 aromatic rings. The first-order chi connectivity index (χ1) is 10.2. The molecule has 21 heavy (non-hydrogen) atoms. The second kappa shape index (κ2) is 7.63. The van der Waals surface area contributed by atoms with Crippen molar-refractivity contribution in [2.24, 2.45) is 0 Å². The monoisotopic (exact) mass is 282 g/mol. The summed E-state index contributed by atoms with van der Waals surface area (Å²) in [7, 11) is 0. The van der Waals surface area contributed by atoms with Gasteiger partial charge < -0.3 is 5.11 Å². The van der Waals surface area contributed by atoms with Crippen molar-refractivity contribution in [1.29, 1.82) is 0 Å². The maximum atomic E-state index is 11.5. The van der Waals surface area contributed by atoms with E-state index >= 15 is 0 Å². The van der Waals surface area contributed by atoms with Crippen molar-refractivity contribution >= 4 is 5.97 Å². The van der Waals surface area contributed by atoms with E-state index in [1.807, 2.05) is 24.3 Å². The molecule has 0 unspecified atom stereocenters. The molecule has 0 saturated carbocycles. The number of hydrogen-bond donors (Lipinski definition) is 1. The van der Waals surface area contributed by atoms with Gasteiger partial charge in [-0.25, -0.2) is 4.79 Å². The lowest BCUT2D eigenvalue weighted by Crippen LogP contribution is -2.07. The molecular formula is C19H22O2. The molecule has 0 amide bonds. The fourth-order valence-electron chi connectivity index (χ4n) is 2.64. The lowest BCUT2D eigenvalue weighted by atomic mass is 9.92. The molecule has 0 radical (unpaired) electrons. The highest BCUT2D eigenvalue weighted by atomic mass is 16.4. The topological polar surface area (TPSA) is 37.3 Å². The van der Waals surface area contributed by atoms with E-state index in [9.17, 15) is 9.90 Å². The molecule has 1 N–H and O–H groups in total. The predicted molar refractivity (Wildman–Crippen MR) is 85.9 cm³/mol. The Bertz CT molecular complexity index is 588. The summed E-state index contributed by atoms with van der Waals surface area (Å²) in [5.74, 6) is -0.835. The van der Waals surface area contributed by atoms with Crippen LogP contribution in [0, 0.1) is 0 Å². The minimum absolute atomic E-state index is 0.438. The summed E-state index contributed by atoms with van der Waals surface area (Å²) in [6.07, 6.45) is 5.11. The Morgan fingerprint density at radius 3 is 2.43 bits per heavy atom. The highest BCUT2D eigenvalue weighted by Crippen LogP contribution is 2.21. The summed E-state index contributed by atoms with van der Waals surface area (Å²) in [4.78, 5) is 11.5. The number of aryl methyl sites for hydroxylation is 1. The molecule has 110 valence electrons. The third-order valence-corrected chi connectivity index (χ3v) is 3.78. The average molecular weight is 282 g/mol. The van der Waals surface area contributed by atoms with Gasteiger partial charge in [0.15, 0.2) is 0 Å². The molecule has 0 spiro atoms. The number of carboxylic acid groups (broad SMARTS) is 1. The fourth-order valence-corrected chi connectivity index (χ4v) is 2.64. The highest BCUT2D eigenvalue weighted by Gasteiger charge is 2.14. The summed E-state index contributed by atoms with van der Waals surface area (Å²) in [6.45, 7) is 2.18. The molecule has 2 rings (SSSR count). The second-order valence-corrected chi connectivity index (χ2v) is 5.37. The van der Waals surface area contributed by atoms with Crippen LogP contribution in [0.25, 0.3) is 0 Å². The Morgan fingerprint density at radius 1 is 1.00 bits per heavy atom. The first-order valence-corrected chi connectivity index (χ1v) is 7.60. The minimum Gasteiger partial charge on any atom is -0.478 e. The normalized spacial score (nSPS) is 10.5. The van der Waals surface area contributed by atoms with E-state index in [-0.39, 0.29) is 0 Å². The van der Waals surface area contributed by atoms with Crippen molar-refractivity contribution in [2.45, 2.75) is 39.0 Å². The molecule has 0 bridgehead atoms. The van der Waals surface area contributed by atoms with E-state index in [4.69, 9.17) is 0 Å². The maximum Gasteiger partial charge on any atom is 0.335 e. The van der Waals surface area contributed by atoms with E-state index < -0.39 is 5.97 Å². The molecule has 2 heteroatoms. The molecule has 2 nitrogen and oxygen atoms in total. The van der Waals surface area contributed by atoms with Gasteiger partial charge in [-0.1, -0.05) is 62.2 Å². The Hall–Kier alpha value is -2.09. The lowest BCUT2D eigenvalue weighted by molar-refractivity contribution is 0.0695. The molecule has 0 aliphatic heterocycles. The number of rotatable bonds is 7. The van der Waals surface area contributed by atoms with Crippen LogP contribution in [0.3, 0.4) is 0 Å². The van der Waals surface area contributed by atoms with Crippen LogP contribution in [0.4, 0.5) is 0 Å². The Kier molecular flexibility index (Phi) is 5.56. The summed E-state index contributed by atoms with van der Waals surface area (Å²) in [5.41, 5.74) is 3.73. The van der Waals surface area contributed by atoms with Crippen LogP contribution in [0.5, 0.6) is 0 Å². The van der Waals surface area contributed by atoms with Gasteiger partial charge in [-0.2, -0.15) is 0 Å². The molecule has 0 fully saturated rings. The van der Waals surface area contributed by atoms with Crippen LogP contribution in [0.2, 0.25) is 0 Å². The summed E-state index contributed by atoms with van der Waals surface area (Å²) < 4.78 is 0. The fraction of sp³-hybridized carbons (Fsp3) is 0.316. The third-order valence-electron chi connectivity index (χ3n) is 3.78. The zero-order valence-electron chi connectivity index (χ0n) is 12.5. The summed E-state index contributed by atoms with van der Waals surface area (Å²) in [6, 6.07) is 15.7. The van der Waals surface area contributed by atoms with Crippen LogP contribution >= 0.6 is 0 Å². The molecule has 0 saturated heterocycles. The van der Waals surface area contributed by atoms with E-state index in [2.05, 4.69) is 25.1 Å². The first kappa shape index (κ1) is 15.3. The molecule has 0 aromatic heterocycles. The smallest absolute Gasteiger partial charge is 0.335 e. The zero-order valence-corrected chi connectivity index (χ0v) is 12.5. The summed E-state index contributed by atoms with van der Waals surface area (Å²) >= 11 is 0. The number of aromatic carboxylic acids is 1. The van der Waals surface area contributed by atoms with Crippen molar-refractivity contribution in [1.82, 2.24) is 0 Å². The van der Waals surface area contributed by atoms with Gasteiger partial charge in [0.2, 0.25) is 0 Å². The van der Waals surface area contributed by atoms with Crippen LogP contribution < -0.4 is 0 Å². The summed E-state index contributed by atoms with van der Waals surface area (Å²) in [5, 5.41) is 9.44. The number of unbranched alkanes of at least 4 members (excludes halogenated alkanes) is 2. The number of hydrogen-bond acceptors (Lipinski definition) is 1. The van der Waals surface area contributed by atoms with Gasteiger partial charge in [-0.05, 0) is 42.0 Å². The third kappa shape index (κ3) is 4.19. The van der Waals surface area contributed by atoms with Crippen molar-refractivity contribution in [3.05, 3.63) is 70.8 Å². The minimum atomic E-state index is -0.835. The standard InChI is InChI=1S/C19H22O2/c1-2-3-5-11-16-12-8-13-17(19(20)21)18(16)14-15-9-6-4-7-10-15/h4,6-10,12-13H,2-3,5,11,14H2,1H3,(H,20,21). The van der Waals surface area contributed by atoms with Gasteiger partial charge in [0.05, 0.1) is 5.56 Å². The number of benzene rings is 2. The van der Waals surface area contributed by atoms with Crippen molar-refractivity contribution in [2.75, 3.05) is 0 Å². The molecule has 0 aliphatic rings. The van der Waals surface area contributed by atoms with E-state index in [0.29, 0.717) is 12.0 Å². The van der Waals surface area contributed by atoms with Gasteiger partial charge in [0, 0.05) is 0 Å². The van der Waals surface area contributed by atoms with Crippen molar-refractivity contribution in [3.8, 4) is 0 Å². The van der Waals surface area contributed by atoms with Crippen LogP contribution in [0.1, 0.15) is 53.2 Å². The second-order valence-electron chi connectivity index (χ2n) is 5.37. The Labute approximate surface area is 126 Å². The zero-order chi connectivity index (χ0) is 15.1. The van der Waals surface area contributed by atoms with Gasteiger partial charge in [0.1, 0.15) is 0 Å². The number of carbonyl (C=O) groups is 1. The van der Waals surface area contributed by atoms with Crippen LogP contribution in [-0.2, 0) is 12.8 Å². The SMILES string of the molecule is CCCCCc1cccc(C(=O)O)c1Cc1ccccc1. The Balaban J connectivity index is 2.31. The van der Waals surface area contributed by atoms with Crippen LogP contribution in [0.15, 0.2) is 48.5 Å². The van der Waals surface area contributed by atoms with Crippen LogP contribution in [-0.4, -0.2) is 11.1 Å². The van der Waals surface area contributed by atoms with Crippen molar-refractivity contribution in [3.63, 3.8) is 0 Å². The average Bonchev–Trinajstić information content (AvgIpc) is 2.49. The van der Waals surface area contributed by atoms with E-state index in [0.717, 1.165) is 24.0 Å².